The summed E-state index contributed by atoms with van der Waals surface area (Å²) in [7, 11) is 4.41. The highest BCUT2D eigenvalue weighted by Crippen LogP contribution is 2.38. The van der Waals surface area contributed by atoms with Crippen molar-refractivity contribution in [3.8, 4) is 17.2 Å². The highest BCUT2D eigenvalue weighted by atomic mass is 19.1. The predicted octanol–water partition coefficient (Wildman–Crippen LogP) is 3.21. The molecule has 5 nitrogen and oxygen atoms in total. The number of carbonyl (C=O) groups is 1. The first-order chi connectivity index (χ1) is 11.1. The maximum atomic E-state index is 12.8. The van der Waals surface area contributed by atoms with Crippen LogP contribution in [0.5, 0.6) is 17.2 Å². The maximum absolute atomic E-state index is 12.8. The fraction of sp³-hybridized carbons (Fsp3) is 0.235. The lowest BCUT2D eigenvalue weighted by Crippen LogP contribution is -2.07. The smallest absolute Gasteiger partial charge is 0.338 e. The fourth-order valence-corrected chi connectivity index (χ4v) is 2.01. The molecule has 0 bridgehead atoms. The summed E-state index contributed by atoms with van der Waals surface area (Å²) in [4.78, 5) is 12.2. The van der Waals surface area contributed by atoms with E-state index >= 15 is 0 Å². The summed E-state index contributed by atoms with van der Waals surface area (Å²) in [6, 6.07) is 8.74. The number of carbonyl (C=O) groups excluding carboxylic acids is 1. The Hall–Kier alpha value is -2.76. The van der Waals surface area contributed by atoms with Gasteiger partial charge in [-0.25, -0.2) is 9.18 Å². The zero-order chi connectivity index (χ0) is 16.8. The van der Waals surface area contributed by atoms with Gasteiger partial charge in [-0.15, -0.1) is 0 Å². The largest absolute Gasteiger partial charge is 0.493 e. The summed E-state index contributed by atoms with van der Waals surface area (Å²) in [5, 5.41) is 0. The highest BCUT2D eigenvalue weighted by Gasteiger charge is 2.17. The predicted molar refractivity (Wildman–Crippen MR) is 81.6 cm³/mol. The van der Waals surface area contributed by atoms with Crippen LogP contribution >= 0.6 is 0 Å². The lowest BCUT2D eigenvalue weighted by atomic mass is 10.2. The summed E-state index contributed by atoms with van der Waals surface area (Å²) >= 11 is 0. The minimum Gasteiger partial charge on any atom is -0.493 e. The first-order valence-electron chi connectivity index (χ1n) is 6.80. The number of methoxy groups -OCH3 is 3. The number of hydrogen-bond donors (Lipinski definition) is 0. The zero-order valence-electron chi connectivity index (χ0n) is 13.1. The van der Waals surface area contributed by atoms with Crippen LogP contribution in [0.3, 0.4) is 0 Å². The van der Waals surface area contributed by atoms with E-state index in [-0.39, 0.29) is 18.0 Å². The van der Waals surface area contributed by atoms with Gasteiger partial charge in [0.15, 0.2) is 11.5 Å². The maximum Gasteiger partial charge on any atom is 0.338 e. The molecule has 0 aliphatic carbocycles. The molecule has 2 aromatic rings. The summed E-state index contributed by atoms with van der Waals surface area (Å²) in [5.74, 6) is 0.226. The molecule has 0 aromatic heterocycles. The molecule has 0 amide bonds. The van der Waals surface area contributed by atoms with Crippen LogP contribution in [-0.4, -0.2) is 27.3 Å². The van der Waals surface area contributed by atoms with E-state index in [1.807, 2.05) is 0 Å². The Morgan fingerprint density at radius 1 is 0.957 bits per heavy atom. The third kappa shape index (κ3) is 3.91. The topological polar surface area (TPSA) is 54.0 Å². The average Bonchev–Trinajstić information content (AvgIpc) is 2.59. The highest BCUT2D eigenvalue weighted by molar-refractivity contribution is 5.91. The van der Waals surface area contributed by atoms with Crippen LogP contribution in [0.1, 0.15) is 15.9 Å². The molecule has 2 aromatic carbocycles. The Morgan fingerprint density at radius 2 is 1.52 bits per heavy atom. The Balaban J connectivity index is 2.16. The van der Waals surface area contributed by atoms with Crippen LogP contribution in [0.15, 0.2) is 36.4 Å². The summed E-state index contributed by atoms with van der Waals surface area (Å²) in [5.41, 5.74) is 0.953. The molecule has 0 spiro atoms. The van der Waals surface area contributed by atoms with Gasteiger partial charge >= 0.3 is 5.97 Å². The van der Waals surface area contributed by atoms with E-state index in [0.717, 1.165) is 0 Å². The van der Waals surface area contributed by atoms with Gasteiger partial charge in [-0.3, -0.25) is 0 Å². The van der Waals surface area contributed by atoms with Crippen molar-refractivity contribution in [1.29, 1.82) is 0 Å². The zero-order valence-corrected chi connectivity index (χ0v) is 13.1. The second-order valence-corrected chi connectivity index (χ2v) is 4.62. The molecule has 0 atom stereocenters. The number of benzene rings is 2. The van der Waals surface area contributed by atoms with Crippen molar-refractivity contribution < 1.29 is 28.1 Å². The average molecular weight is 320 g/mol. The molecule has 0 aliphatic rings. The molecule has 2 rings (SSSR count). The van der Waals surface area contributed by atoms with Crippen molar-refractivity contribution in [1.82, 2.24) is 0 Å². The quantitative estimate of drug-likeness (QED) is 0.765. The minimum atomic E-state index is -0.548. The SMILES string of the molecule is COc1cc(C(=O)OCc2ccc(F)cc2)cc(OC)c1OC. The lowest BCUT2D eigenvalue weighted by Gasteiger charge is -2.13. The first-order valence-corrected chi connectivity index (χ1v) is 6.80. The van der Waals surface area contributed by atoms with Gasteiger partial charge < -0.3 is 18.9 Å². The van der Waals surface area contributed by atoms with Gasteiger partial charge in [-0.2, -0.15) is 0 Å². The van der Waals surface area contributed by atoms with Crippen molar-refractivity contribution in [2.45, 2.75) is 6.61 Å². The van der Waals surface area contributed by atoms with Crippen LogP contribution in [0.25, 0.3) is 0 Å². The second kappa shape index (κ2) is 7.49. The summed E-state index contributed by atoms with van der Waals surface area (Å²) < 4.78 is 33.6. The molecule has 0 aliphatic heterocycles. The third-order valence-electron chi connectivity index (χ3n) is 3.18. The first kappa shape index (κ1) is 16.6. The summed E-state index contributed by atoms with van der Waals surface area (Å²) in [6.45, 7) is 0.0375. The molecule has 0 saturated carbocycles. The van der Waals surface area contributed by atoms with Gasteiger partial charge in [0, 0.05) is 0 Å². The normalized spacial score (nSPS) is 10.1. The Bertz CT molecular complexity index is 657. The molecule has 0 heterocycles. The van der Waals surface area contributed by atoms with E-state index in [1.165, 1.54) is 45.6 Å². The molecule has 122 valence electrons. The Labute approximate surface area is 133 Å². The Kier molecular flexibility index (Phi) is 5.41. The van der Waals surface area contributed by atoms with Crippen molar-refractivity contribution in [2.75, 3.05) is 21.3 Å². The van der Waals surface area contributed by atoms with Crippen LogP contribution in [0, 0.1) is 5.82 Å². The summed E-state index contributed by atoms with van der Waals surface area (Å²) in [6.07, 6.45) is 0. The molecule has 0 unspecified atom stereocenters. The number of halogens is 1. The van der Waals surface area contributed by atoms with Crippen LogP contribution < -0.4 is 14.2 Å². The number of esters is 1. The van der Waals surface area contributed by atoms with Gasteiger partial charge in [-0.05, 0) is 29.8 Å². The second-order valence-electron chi connectivity index (χ2n) is 4.62. The van der Waals surface area contributed by atoms with Gasteiger partial charge in [0.25, 0.3) is 0 Å². The minimum absolute atomic E-state index is 0.0375. The standard InChI is InChI=1S/C17H17FO5/c1-20-14-8-12(9-15(21-2)16(14)22-3)17(19)23-10-11-4-6-13(18)7-5-11/h4-9H,10H2,1-3H3. The molecule has 0 fully saturated rings. The van der Waals surface area contributed by atoms with Gasteiger partial charge in [0.05, 0.1) is 26.9 Å². The third-order valence-corrected chi connectivity index (χ3v) is 3.18. The van der Waals surface area contributed by atoms with E-state index < -0.39 is 5.97 Å². The van der Waals surface area contributed by atoms with Crippen molar-refractivity contribution in [3.63, 3.8) is 0 Å². The van der Waals surface area contributed by atoms with E-state index in [9.17, 15) is 9.18 Å². The molecule has 0 radical (unpaired) electrons. The molecule has 0 saturated heterocycles. The van der Waals surface area contributed by atoms with Crippen LogP contribution in [0.2, 0.25) is 0 Å². The fourth-order valence-electron chi connectivity index (χ4n) is 2.01. The van der Waals surface area contributed by atoms with Gasteiger partial charge in [0.1, 0.15) is 12.4 Å². The lowest BCUT2D eigenvalue weighted by molar-refractivity contribution is 0.0471. The van der Waals surface area contributed by atoms with Crippen molar-refractivity contribution in [3.05, 3.63) is 53.3 Å². The van der Waals surface area contributed by atoms with E-state index in [1.54, 1.807) is 12.1 Å². The molecule has 23 heavy (non-hydrogen) atoms. The molecule has 6 heteroatoms. The van der Waals surface area contributed by atoms with Crippen LogP contribution in [0.4, 0.5) is 4.39 Å². The van der Waals surface area contributed by atoms with Crippen molar-refractivity contribution >= 4 is 5.97 Å². The van der Waals surface area contributed by atoms with E-state index in [2.05, 4.69) is 0 Å². The monoisotopic (exact) mass is 320 g/mol. The number of ether oxygens (including phenoxy) is 4. The van der Waals surface area contributed by atoms with Gasteiger partial charge in [-0.1, -0.05) is 12.1 Å². The Morgan fingerprint density at radius 3 is 2.00 bits per heavy atom. The molecule has 0 N–H and O–H groups in total. The van der Waals surface area contributed by atoms with Crippen LogP contribution in [-0.2, 0) is 11.3 Å². The van der Waals surface area contributed by atoms with Crippen molar-refractivity contribution in [2.24, 2.45) is 0 Å². The van der Waals surface area contributed by atoms with Gasteiger partial charge in [0.2, 0.25) is 5.75 Å². The molecular formula is C17H17FO5. The molecular weight excluding hydrogens is 303 g/mol. The van der Waals surface area contributed by atoms with E-state index in [4.69, 9.17) is 18.9 Å². The number of rotatable bonds is 6. The number of hydrogen-bond acceptors (Lipinski definition) is 5. The van der Waals surface area contributed by atoms with E-state index in [0.29, 0.717) is 22.8 Å².